The Morgan fingerprint density at radius 2 is 1.44 bits per heavy atom. The van der Waals surface area contributed by atoms with Gasteiger partial charge in [-0.3, -0.25) is 4.79 Å². The highest BCUT2D eigenvalue weighted by Crippen LogP contribution is 2.25. The summed E-state index contributed by atoms with van der Waals surface area (Å²) in [5.74, 6) is -0.133. The molecule has 0 saturated heterocycles. The van der Waals surface area contributed by atoms with Crippen LogP contribution < -0.4 is 0 Å². The highest BCUT2D eigenvalue weighted by atomic mass is 35.5. The molecule has 4 heteroatoms. The molecule has 2 rings (SSSR count). The molecule has 0 heterocycles. The number of hydrogen-bond acceptors (Lipinski definition) is 1. The summed E-state index contributed by atoms with van der Waals surface area (Å²) in [5.41, 5.74) is 1.84. The molecule has 0 atom stereocenters. The van der Waals surface area contributed by atoms with Crippen LogP contribution >= 0.6 is 34.8 Å². The second-order valence-corrected chi connectivity index (χ2v) is 5.19. The Kier molecular flexibility index (Phi) is 3.96. The van der Waals surface area contributed by atoms with E-state index in [1.807, 2.05) is 6.92 Å². The fourth-order valence-corrected chi connectivity index (χ4v) is 2.42. The molecule has 0 N–H and O–H groups in total. The Morgan fingerprint density at radius 1 is 0.889 bits per heavy atom. The van der Waals surface area contributed by atoms with Gasteiger partial charge in [0.25, 0.3) is 0 Å². The third-order valence-corrected chi connectivity index (χ3v) is 3.39. The molecule has 0 aliphatic carbocycles. The van der Waals surface area contributed by atoms with E-state index in [2.05, 4.69) is 0 Å². The molecule has 0 saturated carbocycles. The molecule has 0 aliphatic heterocycles. The molecule has 0 aliphatic rings. The van der Waals surface area contributed by atoms with Gasteiger partial charge in [0, 0.05) is 21.2 Å². The van der Waals surface area contributed by atoms with Gasteiger partial charge in [-0.05, 0) is 48.9 Å². The van der Waals surface area contributed by atoms with Gasteiger partial charge < -0.3 is 0 Å². The van der Waals surface area contributed by atoms with E-state index >= 15 is 0 Å². The van der Waals surface area contributed by atoms with Crippen LogP contribution in [0.5, 0.6) is 0 Å². The van der Waals surface area contributed by atoms with Gasteiger partial charge in [-0.1, -0.05) is 34.8 Å². The highest BCUT2D eigenvalue weighted by Gasteiger charge is 2.15. The van der Waals surface area contributed by atoms with Crippen molar-refractivity contribution in [2.75, 3.05) is 0 Å². The standard InChI is InChI=1S/C14H9Cl3O/c1-8-6-9(15)2-4-11(8)14(18)12-5-3-10(16)7-13(12)17/h2-7H,1H3. The van der Waals surface area contributed by atoms with E-state index in [0.717, 1.165) is 5.56 Å². The first-order chi connectivity index (χ1) is 8.49. The minimum absolute atomic E-state index is 0.133. The number of halogens is 3. The molecule has 0 radical (unpaired) electrons. The lowest BCUT2D eigenvalue weighted by Gasteiger charge is -2.07. The number of ketones is 1. The first kappa shape index (κ1) is 13.4. The quantitative estimate of drug-likeness (QED) is 0.698. The predicted octanol–water partition coefficient (Wildman–Crippen LogP) is 5.19. The summed E-state index contributed by atoms with van der Waals surface area (Å²) in [5, 5.41) is 1.46. The molecule has 0 bridgehead atoms. The summed E-state index contributed by atoms with van der Waals surface area (Å²) in [4.78, 5) is 12.3. The van der Waals surface area contributed by atoms with E-state index in [4.69, 9.17) is 34.8 Å². The maximum absolute atomic E-state index is 12.3. The molecule has 0 unspecified atom stereocenters. The van der Waals surface area contributed by atoms with Crippen molar-refractivity contribution >= 4 is 40.6 Å². The Morgan fingerprint density at radius 3 is 2.00 bits per heavy atom. The summed E-state index contributed by atoms with van der Waals surface area (Å²) in [6.45, 7) is 1.84. The maximum atomic E-state index is 12.3. The van der Waals surface area contributed by atoms with Crippen LogP contribution in [0.1, 0.15) is 21.5 Å². The molecule has 0 fully saturated rings. The zero-order valence-corrected chi connectivity index (χ0v) is 11.8. The summed E-state index contributed by atoms with van der Waals surface area (Å²) in [6.07, 6.45) is 0. The third kappa shape index (κ3) is 2.69. The van der Waals surface area contributed by atoms with Crippen molar-refractivity contribution in [1.82, 2.24) is 0 Å². The average Bonchev–Trinajstić information content (AvgIpc) is 2.28. The van der Waals surface area contributed by atoms with Gasteiger partial charge in [-0.2, -0.15) is 0 Å². The normalized spacial score (nSPS) is 10.4. The Labute approximate surface area is 120 Å². The van der Waals surface area contributed by atoms with Gasteiger partial charge >= 0.3 is 0 Å². The van der Waals surface area contributed by atoms with E-state index in [9.17, 15) is 4.79 Å². The van der Waals surface area contributed by atoms with E-state index in [1.165, 1.54) is 0 Å². The van der Waals surface area contributed by atoms with E-state index in [1.54, 1.807) is 36.4 Å². The molecular weight excluding hydrogens is 291 g/mol. The summed E-state index contributed by atoms with van der Waals surface area (Å²) >= 11 is 17.7. The fourth-order valence-electron chi connectivity index (χ4n) is 1.70. The van der Waals surface area contributed by atoms with Gasteiger partial charge in [0.15, 0.2) is 5.78 Å². The first-order valence-electron chi connectivity index (χ1n) is 5.25. The number of carbonyl (C=O) groups is 1. The molecule has 1 nitrogen and oxygen atoms in total. The lowest BCUT2D eigenvalue weighted by atomic mass is 9.99. The lowest BCUT2D eigenvalue weighted by molar-refractivity contribution is 0.103. The zero-order chi connectivity index (χ0) is 13.3. The number of aryl methyl sites for hydroxylation is 1. The molecule has 2 aromatic carbocycles. The molecule has 0 amide bonds. The van der Waals surface area contributed by atoms with Crippen molar-refractivity contribution in [3.63, 3.8) is 0 Å². The zero-order valence-electron chi connectivity index (χ0n) is 9.51. The van der Waals surface area contributed by atoms with Crippen molar-refractivity contribution in [3.05, 3.63) is 68.2 Å². The minimum Gasteiger partial charge on any atom is -0.289 e. The lowest BCUT2D eigenvalue weighted by Crippen LogP contribution is -2.04. The Bertz CT molecular complexity index is 567. The molecule has 92 valence electrons. The Hall–Kier alpha value is -1.02. The highest BCUT2D eigenvalue weighted by molar-refractivity contribution is 6.37. The van der Waals surface area contributed by atoms with Gasteiger partial charge in [0.05, 0.1) is 5.02 Å². The van der Waals surface area contributed by atoms with Crippen LogP contribution in [0, 0.1) is 6.92 Å². The van der Waals surface area contributed by atoms with Gasteiger partial charge in [0.1, 0.15) is 0 Å². The summed E-state index contributed by atoms with van der Waals surface area (Å²) < 4.78 is 0. The molecular formula is C14H9Cl3O. The minimum atomic E-state index is -0.133. The van der Waals surface area contributed by atoms with Crippen molar-refractivity contribution < 1.29 is 4.79 Å². The maximum Gasteiger partial charge on any atom is 0.194 e. The molecule has 18 heavy (non-hydrogen) atoms. The van der Waals surface area contributed by atoms with E-state index < -0.39 is 0 Å². The van der Waals surface area contributed by atoms with E-state index in [0.29, 0.717) is 26.2 Å². The van der Waals surface area contributed by atoms with Crippen molar-refractivity contribution in [2.45, 2.75) is 6.92 Å². The van der Waals surface area contributed by atoms with E-state index in [-0.39, 0.29) is 5.78 Å². The van der Waals surface area contributed by atoms with Crippen molar-refractivity contribution in [3.8, 4) is 0 Å². The smallest absolute Gasteiger partial charge is 0.194 e. The SMILES string of the molecule is Cc1cc(Cl)ccc1C(=O)c1ccc(Cl)cc1Cl. The predicted molar refractivity (Wildman–Crippen MR) is 76.1 cm³/mol. The second-order valence-electron chi connectivity index (χ2n) is 3.91. The van der Waals surface area contributed by atoms with Crippen LogP contribution in [0.25, 0.3) is 0 Å². The molecule has 0 spiro atoms. The van der Waals surface area contributed by atoms with Gasteiger partial charge in [0.2, 0.25) is 0 Å². The average molecular weight is 300 g/mol. The molecule has 0 aromatic heterocycles. The van der Waals surface area contributed by atoms with Crippen LogP contribution in [0.2, 0.25) is 15.1 Å². The monoisotopic (exact) mass is 298 g/mol. The van der Waals surface area contributed by atoms with Crippen molar-refractivity contribution in [2.24, 2.45) is 0 Å². The largest absolute Gasteiger partial charge is 0.289 e. The van der Waals surface area contributed by atoms with Crippen LogP contribution in [-0.4, -0.2) is 5.78 Å². The summed E-state index contributed by atoms with van der Waals surface area (Å²) in [6, 6.07) is 9.96. The van der Waals surface area contributed by atoms with Gasteiger partial charge in [-0.15, -0.1) is 0 Å². The summed E-state index contributed by atoms with van der Waals surface area (Å²) in [7, 11) is 0. The number of rotatable bonds is 2. The van der Waals surface area contributed by atoms with Gasteiger partial charge in [-0.25, -0.2) is 0 Å². The Balaban J connectivity index is 2.48. The fraction of sp³-hybridized carbons (Fsp3) is 0.0714. The number of carbonyl (C=O) groups excluding carboxylic acids is 1. The first-order valence-corrected chi connectivity index (χ1v) is 6.38. The van der Waals surface area contributed by atoms with Crippen LogP contribution in [0.4, 0.5) is 0 Å². The van der Waals surface area contributed by atoms with Crippen LogP contribution in [0.3, 0.4) is 0 Å². The third-order valence-electron chi connectivity index (χ3n) is 2.61. The topological polar surface area (TPSA) is 17.1 Å². The number of hydrogen-bond donors (Lipinski definition) is 0. The van der Waals surface area contributed by atoms with Crippen molar-refractivity contribution in [1.29, 1.82) is 0 Å². The molecule has 2 aromatic rings. The second kappa shape index (κ2) is 5.31. The number of benzene rings is 2. The van der Waals surface area contributed by atoms with Crippen LogP contribution in [-0.2, 0) is 0 Å². The van der Waals surface area contributed by atoms with Crippen LogP contribution in [0.15, 0.2) is 36.4 Å².